The summed E-state index contributed by atoms with van der Waals surface area (Å²) in [6.07, 6.45) is 8.35. The van der Waals surface area contributed by atoms with Crippen molar-refractivity contribution < 1.29 is 28.8 Å². The van der Waals surface area contributed by atoms with Gasteiger partial charge in [-0.1, -0.05) is 60.7 Å². The molecule has 4 unspecified atom stereocenters. The number of fused-ring (bicyclic) bond motifs is 4. The first-order valence-corrected chi connectivity index (χ1v) is 15.9. The van der Waals surface area contributed by atoms with E-state index in [1.165, 1.54) is 11.1 Å². The van der Waals surface area contributed by atoms with Crippen LogP contribution in [0.1, 0.15) is 75.3 Å². The highest BCUT2D eigenvalue weighted by Crippen LogP contribution is 2.59. The summed E-state index contributed by atoms with van der Waals surface area (Å²) in [5.74, 6) is -1.53. The minimum atomic E-state index is -0.962. The summed E-state index contributed by atoms with van der Waals surface area (Å²) in [5, 5.41) is 20.9. The molecule has 4 saturated heterocycles. The minimum absolute atomic E-state index is 0.0363. The van der Waals surface area contributed by atoms with Crippen LogP contribution in [0.15, 0.2) is 60.7 Å². The molecule has 4 bridgehead atoms. The van der Waals surface area contributed by atoms with Gasteiger partial charge in [-0.3, -0.25) is 9.59 Å². The molecule has 4 aliphatic heterocycles. The molecule has 0 amide bonds. The van der Waals surface area contributed by atoms with Crippen LogP contribution in [0.5, 0.6) is 0 Å². The number of hydrogen-bond donors (Lipinski definition) is 2. The number of rotatable bonds is 10. The van der Waals surface area contributed by atoms with E-state index in [2.05, 4.69) is 74.8 Å². The van der Waals surface area contributed by atoms with Gasteiger partial charge < -0.3 is 19.2 Å². The maximum atomic E-state index is 13.6. The second-order valence-electron chi connectivity index (χ2n) is 14.3. The van der Waals surface area contributed by atoms with Crippen LogP contribution in [0, 0.1) is 17.3 Å². The minimum Gasteiger partial charge on any atom is -0.481 e. The fraction of sp³-hybridized carbons (Fsp3) is 0.600. The van der Waals surface area contributed by atoms with Gasteiger partial charge >= 0.3 is 11.9 Å². The van der Waals surface area contributed by atoms with E-state index in [4.69, 9.17) is 0 Å². The van der Waals surface area contributed by atoms with Crippen LogP contribution in [0.2, 0.25) is 0 Å². The van der Waals surface area contributed by atoms with Crippen LogP contribution in [0.25, 0.3) is 0 Å². The van der Waals surface area contributed by atoms with Crippen LogP contribution in [-0.2, 0) is 22.7 Å². The molecule has 0 aliphatic carbocycles. The summed E-state index contributed by atoms with van der Waals surface area (Å²) in [6, 6.07) is 23.2. The first-order valence-electron chi connectivity index (χ1n) is 15.9. The van der Waals surface area contributed by atoms with Gasteiger partial charge in [-0.25, -0.2) is 0 Å². The zero-order valence-electron chi connectivity index (χ0n) is 24.8. The molecule has 6 rings (SSSR count). The lowest BCUT2D eigenvalue weighted by Crippen LogP contribution is -2.63. The van der Waals surface area contributed by atoms with E-state index in [-0.39, 0.29) is 24.7 Å². The molecule has 4 fully saturated rings. The monoisotopic (exact) mass is 560 g/mol. The number of hydrogen-bond acceptors (Lipinski definition) is 2. The van der Waals surface area contributed by atoms with E-state index in [1.807, 2.05) is 0 Å². The number of carbonyl (C=O) groups is 2. The molecule has 6 nitrogen and oxygen atoms in total. The first kappa shape index (κ1) is 28.4. The Morgan fingerprint density at radius 3 is 1.37 bits per heavy atom. The van der Waals surface area contributed by atoms with Crippen molar-refractivity contribution in [2.75, 3.05) is 14.1 Å². The van der Waals surface area contributed by atoms with E-state index in [0.717, 1.165) is 73.4 Å². The van der Waals surface area contributed by atoms with Gasteiger partial charge in [0.15, 0.2) is 0 Å². The summed E-state index contributed by atoms with van der Waals surface area (Å²) < 4.78 is 1.99. The predicted molar refractivity (Wildman–Crippen MR) is 159 cm³/mol. The maximum absolute atomic E-state index is 13.6. The van der Waals surface area contributed by atoms with Gasteiger partial charge in [0, 0.05) is 68.9 Å². The van der Waals surface area contributed by atoms with Crippen molar-refractivity contribution in [3.05, 3.63) is 71.8 Å². The molecule has 0 spiro atoms. The van der Waals surface area contributed by atoms with Gasteiger partial charge in [-0.2, -0.15) is 0 Å². The molecule has 6 heteroatoms. The third-order valence-corrected chi connectivity index (χ3v) is 12.6. The van der Waals surface area contributed by atoms with Gasteiger partial charge in [-0.15, -0.1) is 0 Å². The Hall–Kier alpha value is -2.70. The van der Waals surface area contributed by atoms with Crippen LogP contribution < -0.4 is 0 Å². The average Bonchev–Trinajstić information content (AvgIpc) is 3.20. The van der Waals surface area contributed by atoms with E-state index >= 15 is 0 Å². The van der Waals surface area contributed by atoms with Crippen molar-refractivity contribution in [3.63, 3.8) is 0 Å². The van der Waals surface area contributed by atoms with Crippen LogP contribution >= 0.6 is 0 Å². The Labute approximate surface area is 245 Å². The highest BCUT2D eigenvalue weighted by molar-refractivity contribution is 5.77. The number of benzene rings is 2. The van der Waals surface area contributed by atoms with Crippen molar-refractivity contribution in [3.8, 4) is 0 Å². The zero-order valence-corrected chi connectivity index (χ0v) is 24.8. The lowest BCUT2D eigenvalue weighted by Gasteiger charge is -2.55. The van der Waals surface area contributed by atoms with Crippen LogP contribution in [0.4, 0.5) is 0 Å². The van der Waals surface area contributed by atoms with Crippen molar-refractivity contribution >= 4 is 11.9 Å². The number of carboxylic acid groups (broad SMARTS) is 2. The molecular formula is C35H48N2O4+2. The van der Waals surface area contributed by atoms with E-state index in [9.17, 15) is 19.8 Å². The summed E-state index contributed by atoms with van der Waals surface area (Å²) in [5.41, 5.74) is 1.73. The molecule has 220 valence electrons. The Morgan fingerprint density at radius 2 is 1.05 bits per heavy atom. The lowest BCUT2D eigenvalue weighted by molar-refractivity contribution is -0.963. The highest BCUT2D eigenvalue weighted by atomic mass is 16.4. The smallest absolute Gasteiger partial charge is 0.310 e. The van der Waals surface area contributed by atoms with E-state index in [0.29, 0.717) is 24.2 Å². The number of carboxylic acids is 2. The molecule has 4 aliphatic rings. The molecule has 0 radical (unpaired) electrons. The lowest BCUT2D eigenvalue weighted by atomic mass is 9.56. The molecule has 4 atom stereocenters. The van der Waals surface area contributed by atoms with Crippen LogP contribution in [-0.4, -0.2) is 69.4 Å². The number of quaternary nitrogens is 2. The highest BCUT2D eigenvalue weighted by Gasteiger charge is 2.63. The largest absolute Gasteiger partial charge is 0.481 e. The summed E-state index contributed by atoms with van der Waals surface area (Å²) in [6.45, 7) is 1.97. The zero-order chi connectivity index (χ0) is 28.8. The van der Waals surface area contributed by atoms with Gasteiger partial charge in [0.25, 0.3) is 0 Å². The molecule has 2 aromatic rings. The predicted octanol–water partition coefficient (Wildman–Crippen LogP) is 6.10. The Balaban J connectivity index is 1.29. The van der Waals surface area contributed by atoms with Crippen molar-refractivity contribution in [2.24, 2.45) is 17.3 Å². The third-order valence-electron chi connectivity index (χ3n) is 12.6. The molecule has 0 aromatic heterocycles. The van der Waals surface area contributed by atoms with Gasteiger partial charge in [0.05, 0.1) is 43.7 Å². The van der Waals surface area contributed by atoms with Gasteiger partial charge in [0.1, 0.15) is 13.1 Å². The molecule has 2 aromatic carbocycles. The summed E-state index contributed by atoms with van der Waals surface area (Å²) in [4.78, 5) is 25.5. The number of nitrogens with zero attached hydrogens (tertiary/aromatic N) is 2. The molecule has 4 heterocycles. The maximum Gasteiger partial charge on any atom is 0.310 e. The topological polar surface area (TPSA) is 74.6 Å². The summed E-state index contributed by atoms with van der Waals surface area (Å²) in [7, 11) is 4.77. The fourth-order valence-corrected chi connectivity index (χ4v) is 10.3. The Morgan fingerprint density at radius 1 is 0.683 bits per heavy atom. The van der Waals surface area contributed by atoms with Crippen molar-refractivity contribution in [1.82, 2.24) is 0 Å². The second kappa shape index (κ2) is 10.9. The SMILES string of the molecule is C[N+]1(Cc2ccccc2)C2CCC1CC(C(CCC(=O)O)(C(=O)O)C1CC3CCC(C1)[N+]3(C)Cc1ccccc1)C2. The fourth-order valence-electron chi connectivity index (χ4n) is 10.3. The van der Waals surface area contributed by atoms with E-state index < -0.39 is 17.4 Å². The quantitative estimate of drug-likeness (QED) is 0.345. The summed E-state index contributed by atoms with van der Waals surface area (Å²) >= 11 is 0. The molecule has 0 saturated carbocycles. The third kappa shape index (κ3) is 4.91. The Bertz CT molecular complexity index is 1140. The molecule has 41 heavy (non-hydrogen) atoms. The average molecular weight is 561 g/mol. The second-order valence-corrected chi connectivity index (χ2v) is 14.3. The number of piperidine rings is 2. The normalized spacial score (nSPS) is 37.4. The molecule has 2 N–H and O–H groups in total. The van der Waals surface area contributed by atoms with Gasteiger partial charge in [-0.05, 0) is 18.3 Å². The standard InChI is InChI=1S/C35H46N2O4/c1-36(23-25-9-5-3-6-10-25)29-13-14-30(36)20-27(19-29)35(34(40)41,18-17-33(38)39)28-21-31-15-16-32(22-28)37(31,2)24-26-11-7-4-8-12-26/h3-12,27-32H,13-24H2,1-2H3/p+2. The van der Waals surface area contributed by atoms with Crippen molar-refractivity contribution in [2.45, 2.75) is 101 Å². The van der Waals surface area contributed by atoms with Crippen LogP contribution in [0.3, 0.4) is 0 Å². The van der Waals surface area contributed by atoms with Gasteiger partial charge in [0.2, 0.25) is 0 Å². The van der Waals surface area contributed by atoms with Crippen molar-refractivity contribution in [1.29, 1.82) is 0 Å². The number of aliphatic carboxylic acids is 2. The Kier molecular flexibility index (Phi) is 7.52. The molecular weight excluding hydrogens is 512 g/mol. The van der Waals surface area contributed by atoms with E-state index in [1.54, 1.807) is 0 Å². The first-order chi connectivity index (χ1) is 19.6.